The molecule has 1 fully saturated rings. The molecule has 2 heterocycles. The molecule has 1 aromatic heterocycles. The molecule has 0 spiro atoms. The summed E-state index contributed by atoms with van der Waals surface area (Å²) >= 11 is 0. The average Bonchev–Trinajstić information content (AvgIpc) is 3.03. The molecule has 0 N–H and O–H groups in total. The summed E-state index contributed by atoms with van der Waals surface area (Å²) in [6, 6.07) is 7.88. The Morgan fingerprint density at radius 1 is 1.09 bits per heavy atom. The molecule has 1 aromatic carbocycles. The summed E-state index contributed by atoms with van der Waals surface area (Å²) in [5.41, 5.74) is 1.67. The van der Waals surface area contributed by atoms with Gasteiger partial charge in [0.15, 0.2) is 5.78 Å². The Morgan fingerprint density at radius 3 is 2.13 bits per heavy atom. The highest BCUT2D eigenvalue weighted by Gasteiger charge is 2.51. The number of carbonyl (C=O) groups excluding carboxylic acids is 1. The summed E-state index contributed by atoms with van der Waals surface area (Å²) in [7, 11) is -0.371. The van der Waals surface area contributed by atoms with Crippen LogP contribution >= 0.6 is 0 Å². The van der Waals surface area contributed by atoms with E-state index >= 15 is 0 Å². The number of hydrogen-bond donors (Lipinski definition) is 0. The van der Waals surface area contributed by atoms with Crippen LogP contribution in [0.15, 0.2) is 36.8 Å². The first kappa shape index (κ1) is 16.0. The predicted octanol–water partition coefficient (Wildman–Crippen LogP) is 2.37. The normalized spacial score (nSPS) is 19.1. The van der Waals surface area contributed by atoms with Gasteiger partial charge in [-0.05, 0) is 45.3 Å². The van der Waals surface area contributed by atoms with Crippen molar-refractivity contribution >= 4 is 18.4 Å². The average molecular weight is 312 g/mol. The summed E-state index contributed by atoms with van der Waals surface area (Å²) in [5, 5.41) is 0. The second kappa shape index (κ2) is 5.32. The van der Waals surface area contributed by atoms with Crippen LogP contribution < -0.4 is 5.46 Å². The van der Waals surface area contributed by atoms with E-state index in [2.05, 4.69) is 4.98 Å². The van der Waals surface area contributed by atoms with Crippen LogP contribution in [0.1, 0.15) is 45.1 Å². The highest BCUT2D eigenvalue weighted by Crippen LogP contribution is 2.36. The quantitative estimate of drug-likeness (QED) is 0.645. The monoisotopic (exact) mass is 312 g/mol. The van der Waals surface area contributed by atoms with Crippen molar-refractivity contribution in [2.45, 2.75) is 45.8 Å². The molecule has 1 aliphatic rings. The molecule has 5 nitrogen and oxygen atoms in total. The molecule has 0 atom stereocenters. The van der Waals surface area contributed by atoms with Crippen LogP contribution in [0.2, 0.25) is 0 Å². The summed E-state index contributed by atoms with van der Waals surface area (Å²) < 4.78 is 13.9. The maximum Gasteiger partial charge on any atom is 0.494 e. The van der Waals surface area contributed by atoms with Crippen LogP contribution in [0.5, 0.6) is 0 Å². The zero-order valence-corrected chi connectivity index (χ0v) is 14.2. The van der Waals surface area contributed by atoms with Crippen LogP contribution in [0.4, 0.5) is 0 Å². The first-order valence-electron chi connectivity index (χ1n) is 7.70. The molecular weight excluding hydrogens is 291 g/mol. The van der Waals surface area contributed by atoms with Gasteiger partial charge in [0.25, 0.3) is 0 Å². The minimum atomic E-state index is -0.371. The fourth-order valence-electron chi connectivity index (χ4n) is 2.43. The lowest BCUT2D eigenvalue weighted by molar-refractivity contribution is 0.00578. The molecule has 0 bridgehead atoms. The highest BCUT2D eigenvalue weighted by atomic mass is 16.7. The lowest BCUT2D eigenvalue weighted by atomic mass is 9.79. The zero-order valence-electron chi connectivity index (χ0n) is 14.2. The number of benzene rings is 1. The second-order valence-corrected chi connectivity index (χ2v) is 6.90. The van der Waals surface area contributed by atoms with E-state index in [0.29, 0.717) is 5.69 Å². The second-order valence-electron chi connectivity index (χ2n) is 6.90. The molecule has 0 radical (unpaired) electrons. The van der Waals surface area contributed by atoms with Crippen molar-refractivity contribution in [2.24, 2.45) is 0 Å². The smallest absolute Gasteiger partial charge is 0.399 e. The Hall–Kier alpha value is -1.92. The van der Waals surface area contributed by atoms with Gasteiger partial charge < -0.3 is 13.9 Å². The minimum absolute atomic E-state index is 0.0439. The number of nitrogens with zero attached hydrogens (tertiary/aromatic N) is 2. The molecule has 0 amide bonds. The number of rotatable bonds is 3. The highest BCUT2D eigenvalue weighted by molar-refractivity contribution is 6.62. The summed E-state index contributed by atoms with van der Waals surface area (Å²) in [4.78, 5) is 15.4. The van der Waals surface area contributed by atoms with Gasteiger partial charge in [0, 0.05) is 18.8 Å². The Kier molecular flexibility index (Phi) is 3.69. The number of Topliss-reactive ketones (excluding diaryl/α,β-unsaturated/α-hetero) is 1. The molecule has 0 aliphatic carbocycles. The maximum atomic E-state index is 11.3. The predicted molar refractivity (Wildman–Crippen MR) is 89.3 cm³/mol. The van der Waals surface area contributed by atoms with Gasteiger partial charge >= 0.3 is 7.12 Å². The van der Waals surface area contributed by atoms with E-state index in [-0.39, 0.29) is 24.1 Å². The van der Waals surface area contributed by atoms with E-state index in [0.717, 1.165) is 11.2 Å². The lowest BCUT2D eigenvalue weighted by Crippen LogP contribution is -2.41. The third-order valence-corrected chi connectivity index (χ3v) is 4.66. The first-order valence-corrected chi connectivity index (χ1v) is 7.70. The third-order valence-electron chi connectivity index (χ3n) is 4.66. The standard InChI is InChI=1S/C17H21BN2O3/c1-12(21)15-10-20(11-19-15)14-8-6-13(7-9-14)18-22-16(2,3)17(4,5)23-18/h6-11H,1-5H3. The van der Waals surface area contributed by atoms with Gasteiger partial charge in [-0.2, -0.15) is 0 Å². The topological polar surface area (TPSA) is 53.4 Å². The van der Waals surface area contributed by atoms with Crippen molar-refractivity contribution in [2.75, 3.05) is 0 Å². The number of aromatic nitrogens is 2. The number of hydrogen-bond acceptors (Lipinski definition) is 4. The van der Waals surface area contributed by atoms with Crippen LogP contribution in [0.25, 0.3) is 5.69 Å². The van der Waals surface area contributed by atoms with Gasteiger partial charge in [-0.1, -0.05) is 12.1 Å². The molecule has 23 heavy (non-hydrogen) atoms. The van der Waals surface area contributed by atoms with Crippen molar-refractivity contribution in [3.05, 3.63) is 42.5 Å². The molecule has 6 heteroatoms. The van der Waals surface area contributed by atoms with Gasteiger partial charge in [0.05, 0.1) is 11.2 Å². The fourth-order valence-corrected chi connectivity index (χ4v) is 2.43. The molecule has 0 saturated carbocycles. The van der Waals surface area contributed by atoms with E-state index in [4.69, 9.17) is 9.31 Å². The van der Waals surface area contributed by atoms with Gasteiger partial charge in [-0.25, -0.2) is 4.98 Å². The van der Waals surface area contributed by atoms with E-state index in [9.17, 15) is 4.79 Å². The van der Waals surface area contributed by atoms with E-state index < -0.39 is 0 Å². The fraction of sp³-hybridized carbons (Fsp3) is 0.412. The Morgan fingerprint density at radius 2 is 1.65 bits per heavy atom. The van der Waals surface area contributed by atoms with Crippen LogP contribution in [-0.2, 0) is 9.31 Å². The summed E-state index contributed by atoms with van der Waals surface area (Å²) in [6.07, 6.45) is 3.37. The van der Waals surface area contributed by atoms with E-state index in [1.165, 1.54) is 6.92 Å². The van der Waals surface area contributed by atoms with E-state index in [1.807, 2.05) is 56.5 Å². The lowest BCUT2D eigenvalue weighted by Gasteiger charge is -2.32. The third kappa shape index (κ3) is 2.84. The van der Waals surface area contributed by atoms with Gasteiger partial charge in [-0.3, -0.25) is 4.79 Å². The summed E-state index contributed by atoms with van der Waals surface area (Å²) in [6.45, 7) is 9.66. The van der Waals surface area contributed by atoms with Gasteiger partial charge in [0.1, 0.15) is 12.0 Å². The maximum absolute atomic E-state index is 11.3. The van der Waals surface area contributed by atoms with Crippen molar-refractivity contribution in [1.82, 2.24) is 9.55 Å². The number of ketones is 1. The number of imidazole rings is 1. The Bertz CT molecular complexity index is 719. The minimum Gasteiger partial charge on any atom is -0.399 e. The molecular formula is C17H21BN2O3. The van der Waals surface area contributed by atoms with Gasteiger partial charge in [0.2, 0.25) is 0 Å². The largest absolute Gasteiger partial charge is 0.494 e. The van der Waals surface area contributed by atoms with Gasteiger partial charge in [-0.15, -0.1) is 0 Å². The molecule has 0 unspecified atom stereocenters. The van der Waals surface area contributed by atoms with Crippen LogP contribution in [0, 0.1) is 0 Å². The van der Waals surface area contributed by atoms with E-state index in [1.54, 1.807) is 12.5 Å². The first-order chi connectivity index (χ1) is 10.7. The van der Waals surface area contributed by atoms with Crippen molar-refractivity contribution in [1.29, 1.82) is 0 Å². The molecule has 3 rings (SSSR count). The van der Waals surface area contributed by atoms with Crippen LogP contribution in [-0.4, -0.2) is 33.7 Å². The summed E-state index contributed by atoms with van der Waals surface area (Å²) in [5.74, 6) is -0.0439. The Labute approximate surface area is 136 Å². The van der Waals surface area contributed by atoms with Crippen LogP contribution in [0.3, 0.4) is 0 Å². The van der Waals surface area contributed by atoms with Crippen molar-refractivity contribution in [3.63, 3.8) is 0 Å². The molecule has 1 saturated heterocycles. The molecule has 2 aromatic rings. The van der Waals surface area contributed by atoms with Crippen molar-refractivity contribution in [3.8, 4) is 5.69 Å². The zero-order chi connectivity index (χ0) is 16.8. The SMILES string of the molecule is CC(=O)c1cn(-c2ccc(B3OC(C)(C)C(C)(C)O3)cc2)cn1. The molecule has 1 aliphatic heterocycles. The Balaban J connectivity index is 1.81. The van der Waals surface area contributed by atoms with Crippen molar-refractivity contribution < 1.29 is 14.1 Å². The molecule has 120 valence electrons. The number of carbonyl (C=O) groups is 1.